The summed E-state index contributed by atoms with van der Waals surface area (Å²) in [7, 11) is 4.03. The number of ether oxygens (including phenoxy) is 1. The predicted molar refractivity (Wildman–Crippen MR) is 134 cm³/mol. The number of aromatic amines is 2. The van der Waals surface area contributed by atoms with Gasteiger partial charge in [0, 0.05) is 41.0 Å². The Bertz CT molecular complexity index is 1620. The number of hydrogen-bond acceptors (Lipinski definition) is 7. The standard InChI is InChI=1S/C26H23N7O2/c1-33(2)8-10-35-18-11-17(13-27-14-18)20-3-4-22-25(30-20)26(32-31-22)23-12-19-21(29-23)5-7-28-24(19)16-6-9-34-15-16/h3-7,9,11-15,29H,8,10H2,1-2H3,(H,31,32). The maximum absolute atomic E-state index is 5.85. The topological polar surface area (TPSA) is 109 Å². The molecule has 6 aromatic rings. The van der Waals surface area contributed by atoms with Gasteiger partial charge in [-0.2, -0.15) is 5.10 Å². The Hall–Kier alpha value is -4.50. The molecular weight excluding hydrogens is 442 g/mol. The molecule has 0 radical (unpaired) electrons. The van der Waals surface area contributed by atoms with Gasteiger partial charge in [0.15, 0.2) is 0 Å². The van der Waals surface area contributed by atoms with Crippen molar-refractivity contribution in [1.29, 1.82) is 0 Å². The average molecular weight is 466 g/mol. The first-order valence-corrected chi connectivity index (χ1v) is 11.2. The SMILES string of the molecule is CN(C)CCOc1cncc(-c2ccc3[nH]nc(-c4cc5c(-c6ccoc6)nccc5[nH]4)c3n2)c1. The number of furan rings is 1. The first-order chi connectivity index (χ1) is 17.2. The molecule has 174 valence electrons. The predicted octanol–water partition coefficient (Wildman–Crippen LogP) is 4.76. The highest BCUT2D eigenvalue weighted by Gasteiger charge is 2.16. The minimum Gasteiger partial charge on any atom is -0.491 e. The molecule has 0 atom stereocenters. The summed E-state index contributed by atoms with van der Waals surface area (Å²) in [6, 6.07) is 11.8. The summed E-state index contributed by atoms with van der Waals surface area (Å²) >= 11 is 0. The molecule has 6 aromatic heterocycles. The van der Waals surface area contributed by atoms with Gasteiger partial charge >= 0.3 is 0 Å². The van der Waals surface area contributed by atoms with E-state index in [-0.39, 0.29) is 0 Å². The number of pyridine rings is 3. The number of nitrogens with zero attached hydrogens (tertiary/aromatic N) is 5. The summed E-state index contributed by atoms with van der Waals surface area (Å²) in [5.74, 6) is 0.716. The minimum atomic E-state index is 0.590. The van der Waals surface area contributed by atoms with Crippen LogP contribution in [0.3, 0.4) is 0 Å². The summed E-state index contributed by atoms with van der Waals surface area (Å²) in [6.45, 7) is 1.42. The quantitative estimate of drug-likeness (QED) is 0.350. The molecule has 0 amide bonds. The molecule has 0 fully saturated rings. The fourth-order valence-corrected chi connectivity index (χ4v) is 4.04. The van der Waals surface area contributed by atoms with Gasteiger partial charge in [0.2, 0.25) is 0 Å². The van der Waals surface area contributed by atoms with Gasteiger partial charge in [-0.05, 0) is 50.5 Å². The fourth-order valence-electron chi connectivity index (χ4n) is 4.04. The molecule has 0 unspecified atom stereocenters. The lowest BCUT2D eigenvalue weighted by Crippen LogP contribution is -2.19. The van der Waals surface area contributed by atoms with E-state index in [1.807, 2.05) is 44.4 Å². The second-order valence-corrected chi connectivity index (χ2v) is 8.54. The van der Waals surface area contributed by atoms with E-state index in [9.17, 15) is 0 Å². The van der Waals surface area contributed by atoms with Gasteiger partial charge in [-0.1, -0.05) is 0 Å². The van der Waals surface area contributed by atoms with Crippen LogP contribution in [-0.2, 0) is 0 Å². The monoisotopic (exact) mass is 465 g/mol. The summed E-state index contributed by atoms with van der Waals surface area (Å²) in [6.07, 6.45) is 8.63. The summed E-state index contributed by atoms with van der Waals surface area (Å²) in [4.78, 5) is 19.4. The van der Waals surface area contributed by atoms with E-state index in [1.54, 1.807) is 31.1 Å². The molecule has 0 aromatic carbocycles. The van der Waals surface area contributed by atoms with E-state index in [0.29, 0.717) is 12.4 Å². The second kappa shape index (κ2) is 8.69. The first-order valence-electron chi connectivity index (χ1n) is 11.2. The van der Waals surface area contributed by atoms with Crippen molar-refractivity contribution in [3.8, 4) is 39.7 Å². The average Bonchev–Trinajstić information content (AvgIpc) is 3.62. The van der Waals surface area contributed by atoms with E-state index in [1.165, 1.54) is 0 Å². The third-order valence-electron chi connectivity index (χ3n) is 5.82. The molecule has 0 aliphatic heterocycles. The third-order valence-corrected chi connectivity index (χ3v) is 5.82. The van der Waals surface area contributed by atoms with Gasteiger partial charge in [0.1, 0.15) is 23.6 Å². The van der Waals surface area contributed by atoms with E-state index in [2.05, 4.69) is 36.1 Å². The molecule has 9 heteroatoms. The third kappa shape index (κ3) is 4.02. The highest BCUT2D eigenvalue weighted by atomic mass is 16.5. The Morgan fingerprint density at radius 1 is 1.00 bits per heavy atom. The summed E-state index contributed by atoms with van der Waals surface area (Å²) in [5.41, 5.74) is 7.62. The van der Waals surface area contributed by atoms with E-state index in [4.69, 9.17) is 14.1 Å². The molecule has 6 rings (SSSR count). The smallest absolute Gasteiger partial charge is 0.138 e. The lowest BCUT2D eigenvalue weighted by Gasteiger charge is -2.11. The van der Waals surface area contributed by atoms with Gasteiger partial charge in [0.25, 0.3) is 0 Å². The zero-order valence-corrected chi connectivity index (χ0v) is 19.3. The van der Waals surface area contributed by atoms with Crippen LogP contribution in [-0.4, -0.2) is 62.3 Å². The molecule has 0 aliphatic carbocycles. The number of hydrogen-bond donors (Lipinski definition) is 2. The molecule has 9 nitrogen and oxygen atoms in total. The second-order valence-electron chi connectivity index (χ2n) is 8.54. The maximum Gasteiger partial charge on any atom is 0.138 e. The van der Waals surface area contributed by atoms with Crippen molar-refractivity contribution >= 4 is 21.9 Å². The highest BCUT2D eigenvalue weighted by Crippen LogP contribution is 2.33. The fraction of sp³-hybridized carbons (Fsp3) is 0.154. The zero-order chi connectivity index (χ0) is 23.8. The van der Waals surface area contributed by atoms with Crippen LogP contribution in [0.4, 0.5) is 0 Å². The van der Waals surface area contributed by atoms with E-state index < -0.39 is 0 Å². The van der Waals surface area contributed by atoms with Gasteiger partial charge in [-0.3, -0.25) is 15.1 Å². The van der Waals surface area contributed by atoms with Crippen LogP contribution in [0.25, 0.3) is 55.8 Å². The van der Waals surface area contributed by atoms with Crippen molar-refractivity contribution in [3.05, 3.63) is 67.5 Å². The zero-order valence-electron chi connectivity index (χ0n) is 19.3. The first kappa shape index (κ1) is 21.1. The molecule has 0 saturated heterocycles. The van der Waals surface area contributed by atoms with Crippen LogP contribution in [0.2, 0.25) is 0 Å². The lowest BCUT2D eigenvalue weighted by molar-refractivity contribution is 0.261. The number of H-pyrrole nitrogens is 2. The number of nitrogens with one attached hydrogen (secondary N) is 2. The van der Waals surface area contributed by atoms with Gasteiger partial charge in [-0.25, -0.2) is 4.98 Å². The van der Waals surface area contributed by atoms with Crippen molar-refractivity contribution in [2.75, 3.05) is 27.2 Å². The highest BCUT2D eigenvalue weighted by molar-refractivity contribution is 5.99. The van der Waals surface area contributed by atoms with Gasteiger partial charge < -0.3 is 19.0 Å². The van der Waals surface area contributed by atoms with Crippen LogP contribution in [0.5, 0.6) is 5.75 Å². The van der Waals surface area contributed by atoms with Crippen LogP contribution < -0.4 is 4.74 Å². The maximum atomic E-state index is 5.85. The van der Waals surface area contributed by atoms with Crippen molar-refractivity contribution in [2.45, 2.75) is 0 Å². The Balaban J connectivity index is 1.38. The number of likely N-dealkylation sites (N-methyl/N-ethyl adjacent to an activating group) is 1. The Morgan fingerprint density at radius 2 is 1.94 bits per heavy atom. The molecule has 0 spiro atoms. The van der Waals surface area contributed by atoms with E-state index >= 15 is 0 Å². The Labute approximate surface area is 200 Å². The van der Waals surface area contributed by atoms with Gasteiger partial charge in [-0.15, -0.1) is 0 Å². The van der Waals surface area contributed by atoms with Crippen LogP contribution in [0.15, 0.2) is 71.9 Å². The molecule has 6 heterocycles. The minimum absolute atomic E-state index is 0.590. The number of fused-ring (bicyclic) bond motifs is 2. The number of rotatable bonds is 7. The molecule has 2 N–H and O–H groups in total. The largest absolute Gasteiger partial charge is 0.491 e. The summed E-state index contributed by atoms with van der Waals surface area (Å²) in [5, 5.41) is 8.64. The normalized spacial score (nSPS) is 11.6. The Kier molecular flexibility index (Phi) is 5.23. The molecule has 0 saturated carbocycles. The van der Waals surface area contributed by atoms with Crippen LogP contribution >= 0.6 is 0 Å². The van der Waals surface area contributed by atoms with E-state index in [0.717, 1.165) is 62.4 Å². The number of aromatic nitrogens is 6. The Morgan fingerprint density at radius 3 is 2.80 bits per heavy atom. The van der Waals surface area contributed by atoms with Crippen LogP contribution in [0.1, 0.15) is 0 Å². The van der Waals surface area contributed by atoms with Crippen molar-refractivity contribution in [3.63, 3.8) is 0 Å². The molecular formula is C26H23N7O2. The van der Waals surface area contributed by atoms with Crippen LogP contribution in [0, 0.1) is 0 Å². The summed E-state index contributed by atoms with van der Waals surface area (Å²) < 4.78 is 11.1. The molecule has 0 aliphatic rings. The molecule has 35 heavy (non-hydrogen) atoms. The lowest BCUT2D eigenvalue weighted by atomic mass is 10.1. The van der Waals surface area contributed by atoms with Crippen molar-refractivity contribution in [2.24, 2.45) is 0 Å². The molecule has 0 bridgehead atoms. The van der Waals surface area contributed by atoms with Gasteiger partial charge in [0.05, 0.1) is 41.3 Å². The van der Waals surface area contributed by atoms with Crippen molar-refractivity contribution in [1.82, 2.24) is 35.0 Å². The van der Waals surface area contributed by atoms with Crippen molar-refractivity contribution < 1.29 is 9.15 Å².